The Labute approximate surface area is 522 Å². The highest BCUT2D eigenvalue weighted by Gasteiger charge is 2.62. The van der Waals surface area contributed by atoms with Crippen LogP contribution in [-0.2, 0) is 33.9 Å². The molecule has 474 valence electrons. The zero-order valence-electron chi connectivity index (χ0n) is 51.3. The Morgan fingerprint density at radius 1 is 0.843 bits per heavy atom. The number of carboxylic acid groups (broad SMARTS) is 1. The molecule has 4 heterocycles. The summed E-state index contributed by atoms with van der Waals surface area (Å²) >= 11 is 6.04. The number of carbonyl (C=O) groups is 5. The van der Waals surface area contributed by atoms with Crippen LogP contribution >= 0.6 is 11.6 Å². The summed E-state index contributed by atoms with van der Waals surface area (Å²) in [6.45, 7) is 14.2. The molecule has 4 aromatic carbocycles. The molecule has 6 aromatic rings. The maximum absolute atomic E-state index is 14.4. The molecule has 0 bridgehead atoms. The number of carboxylic acids is 1. The Bertz CT molecular complexity index is 3820. The van der Waals surface area contributed by atoms with Crippen LogP contribution in [-0.4, -0.2) is 128 Å². The third kappa shape index (κ3) is 17.8. The number of hydrogen-bond acceptors (Lipinski definition) is 16. The fourth-order valence-electron chi connectivity index (χ4n) is 9.72. The third-order valence-corrected chi connectivity index (χ3v) is 16.8. The highest BCUT2D eigenvalue weighted by atomic mass is 35.5. The predicted octanol–water partition coefficient (Wildman–Crippen LogP) is 9.04. The second kappa shape index (κ2) is 28.8. The van der Waals surface area contributed by atoms with Crippen molar-refractivity contribution < 1.29 is 65.9 Å². The summed E-state index contributed by atoms with van der Waals surface area (Å²) in [6, 6.07) is 25.2. The number of alkyl halides is 1. The summed E-state index contributed by atoms with van der Waals surface area (Å²) in [6.07, 6.45) is 10.7. The van der Waals surface area contributed by atoms with Gasteiger partial charge in [0.15, 0.2) is 0 Å². The number of amides is 4. The van der Waals surface area contributed by atoms with Crippen molar-refractivity contribution >= 4 is 85.1 Å². The van der Waals surface area contributed by atoms with Crippen molar-refractivity contribution in [1.82, 2.24) is 35.5 Å². The molecule has 2 aromatic heterocycles. The predicted molar refractivity (Wildman–Crippen MR) is 339 cm³/mol. The molecule has 2 aliphatic carbocycles. The first-order valence-corrected chi connectivity index (χ1v) is 30.5. The maximum Gasteiger partial charge on any atom is 0.408 e. The number of ether oxygens (including phenoxy) is 6. The summed E-state index contributed by atoms with van der Waals surface area (Å²) in [5.74, 6) is -0.284. The smallest absolute Gasteiger partial charge is 0.408 e. The molecule has 22 nitrogen and oxygen atoms in total. The lowest BCUT2D eigenvalue weighted by atomic mass is 9.85. The topological polar surface area (TPSA) is 292 Å². The molecule has 0 spiro atoms. The second-order valence-corrected chi connectivity index (χ2v) is 25.8. The number of methoxy groups -OCH3 is 4. The molecule has 6 atom stereocenters. The minimum Gasteiger partial charge on any atom is -0.497 e. The van der Waals surface area contributed by atoms with Gasteiger partial charge in [-0.15, -0.1) is 6.58 Å². The number of aliphatic carboxylic acids is 1. The van der Waals surface area contributed by atoms with E-state index >= 15 is 0 Å². The van der Waals surface area contributed by atoms with Crippen molar-refractivity contribution in [2.75, 3.05) is 35.0 Å². The molecule has 1 unspecified atom stereocenters. The zero-order valence-corrected chi connectivity index (χ0v) is 52.8. The van der Waals surface area contributed by atoms with Crippen LogP contribution in [0.25, 0.3) is 33.7 Å². The van der Waals surface area contributed by atoms with E-state index in [1.807, 2.05) is 54.7 Å². The highest BCUT2D eigenvalue weighted by Crippen LogP contribution is 2.46. The number of fused-ring (bicyclic) bond motifs is 3. The Morgan fingerprint density at radius 2 is 1.47 bits per heavy atom. The van der Waals surface area contributed by atoms with Gasteiger partial charge in [-0.05, 0) is 164 Å². The number of sulfonamides is 1. The number of aromatic amines is 1. The number of carbonyl (C=O) groups excluding carboxylic acids is 4. The van der Waals surface area contributed by atoms with Gasteiger partial charge in [0.1, 0.15) is 57.8 Å². The van der Waals surface area contributed by atoms with E-state index in [4.69, 9.17) is 45.1 Å². The average Bonchev–Trinajstić information content (AvgIpc) is 1.96. The normalized spacial score (nSPS) is 19.3. The fraction of sp³-hybridized carbons (Fsp3) is 0.369. The van der Waals surface area contributed by atoms with Crippen molar-refractivity contribution in [3.63, 3.8) is 0 Å². The Balaban J connectivity index is 0.000000228. The molecule has 4 amide bonds. The number of benzene rings is 4. The number of pyridine rings is 2. The number of hydrogen-bond donors (Lipinski definition) is 6. The van der Waals surface area contributed by atoms with Gasteiger partial charge in [0.05, 0.1) is 40.2 Å². The largest absolute Gasteiger partial charge is 0.497 e. The third-order valence-electron chi connectivity index (χ3n) is 14.6. The van der Waals surface area contributed by atoms with E-state index in [1.54, 1.807) is 131 Å². The number of nitrogens with one attached hydrogen (secondary N) is 5. The zero-order chi connectivity index (χ0) is 65.0. The minimum atomic E-state index is -3.89. The van der Waals surface area contributed by atoms with Crippen molar-refractivity contribution in [2.24, 2.45) is 11.3 Å². The Morgan fingerprint density at radius 3 is 2.08 bits per heavy atom. The Kier molecular flexibility index (Phi) is 21.8. The second-order valence-electron chi connectivity index (χ2n) is 23.4. The molecule has 3 fully saturated rings. The first kappa shape index (κ1) is 67.4. The van der Waals surface area contributed by atoms with Gasteiger partial charge in [0.2, 0.25) is 27.7 Å². The van der Waals surface area contributed by atoms with Crippen LogP contribution < -0.4 is 49.9 Å². The van der Waals surface area contributed by atoms with Crippen molar-refractivity contribution in [1.29, 1.82) is 0 Å². The van der Waals surface area contributed by atoms with Crippen LogP contribution in [0.5, 0.6) is 28.9 Å². The molecule has 10 rings (SSSR count). The van der Waals surface area contributed by atoms with Gasteiger partial charge in [-0.2, -0.15) is 0 Å². The lowest BCUT2D eigenvalue weighted by Gasteiger charge is -2.36. The van der Waals surface area contributed by atoms with E-state index in [0.717, 1.165) is 45.0 Å². The van der Waals surface area contributed by atoms with E-state index in [9.17, 15) is 37.2 Å². The molecule has 0 radical (unpaired) electrons. The molecule has 24 heteroatoms. The van der Waals surface area contributed by atoms with Crippen LogP contribution in [0.2, 0.25) is 0 Å². The average molecular weight is 1260 g/mol. The number of nitrogens with zero attached hydrogens (tertiary/aromatic N) is 2. The molecule has 6 N–H and O–H groups in total. The van der Waals surface area contributed by atoms with E-state index in [-0.39, 0.29) is 36.3 Å². The number of aromatic nitrogens is 2. The molecule has 4 aliphatic rings. The fourth-order valence-corrected chi connectivity index (χ4v) is 11.4. The summed E-state index contributed by atoms with van der Waals surface area (Å²) < 4.78 is 59.7. The number of rotatable bonds is 16. The molecule has 1 saturated heterocycles. The molecule has 2 aliphatic heterocycles. The van der Waals surface area contributed by atoms with Gasteiger partial charge in [-0.1, -0.05) is 56.6 Å². The first-order chi connectivity index (χ1) is 42.1. The standard InChI is InChI=1S/C35H47N5O9S.C10H10ClNO.C10H9NO2.C10H10O3/c1-9-21-18-35(21,31(43)39-50(45,46)24-11-12-24)38-28(41)26-17-23(48-29-25-13-10-22(47-8)16-20(25)14-15-36-29)19-40(26)30(42)27(33(2,3)4)37-32(44)49-34(5,6)7;1-13-8-2-3-9-7(6-8)4-5-12-10(9)11;1-13-8-2-3-9-7(6-8)4-5-11-10(9)12;1-13-9-4-2-3-8(7-9)5-6-10(11)12/h9-10,13-16,21,23-24,26-27H,1,11-12,17-19H2,2-8H3,(H,37,44)(H,38,41)(H,39,43);2-6,10,12H,1H3;2-6H,1H3,(H,11,12);2-7H,1H3,(H,11,12)/b;;;6-5+/t21-,23-,26+,27-,35-;;;/m1.../s1. The van der Waals surface area contributed by atoms with Gasteiger partial charge in [-0.3, -0.25) is 23.9 Å². The number of alkyl carbamates (subject to hydrolysis) is 1. The summed E-state index contributed by atoms with van der Waals surface area (Å²) in [5, 5.41) is 19.3. The minimum absolute atomic E-state index is 0.0198. The number of H-pyrrole nitrogens is 1. The van der Waals surface area contributed by atoms with Gasteiger partial charge in [0, 0.05) is 41.6 Å². The van der Waals surface area contributed by atoms with Crippen LogP contribution in [0.1, 0.15) is 89.4 Å². The number of halogens is 1. The van der Waals surface area contributed by atoms with Gasteiger partial charge in [0.25, 0.3) is 11.5 Å². The van der Waals surface area contributed by atoms with E-state index in [0.29, 0.717) is 35.1 Å². The van der Waals surface area contributed by atoms with Crippen LogP contribution in [0.15, 0.2) is 133 Å². The first-order valence-electron chi connectivity index (χ1n) is 28.5. The summed E-state index contributed by atoms with van der Waals surface area (Å²) in [4.78, 5) is 84.8. The van der Waals surface area contributed by atoms with E-state index < -0.39 is 85.7 Å². The molecular weight excluding hydrogens is 1190 g/mol. The molecule has 2 saturated carbocycles. The van der Waals surface area contributed by atoms with Crippen LogP contribution in [0.4, 0.5) is 4.79 Å². The Hall–Kier alpha value is -9.09. The van der Waals surface area contributed by atoms with Crippen LogP contribution in [0.3, 0.4) is 0 Å². The summed E-state index contributed by atoms with van der Waals surface area (Å²) in [7, 11) is 2.50. The van der Waals surface area contributed by atoms with E-state index in [2.05, 4.69) is 37.2 Å². The lowest BCUT2D eigenvalue weighted by Crippen LogP contribution is -2.60. The maximum atomic E-state index is 14.4. The lowest BCUT2D eigenvalue weighted by molar-refractivity contribution is -0.143. The van der Waals surface area contributed by atoms with Gasteiger partial charge >= 0.3 is 12.1 Å². The van der Waals surface area contributed by atoms with Crippen LogP contribution in [0, 0.1) is 11.3 Å². The SMILES string of the molecule is C=C[C@@H]1C[C@]1(NC(=O)[C@@H]1C[C@@H](Oc2nccc3cc(OC)ccc23)CN1C(=O)[C@@H](NC(=O)OC(C)(C)C)C(C)(C)C)C(=O)NS(=O)(=O)C1CC1.COc1ccc2c(=O)[nH]ccc2c1.COc1ccc2c(c1)C=CNC2Cl.COc1cccc(/C=C/C(=O)O)c1. The number of likely N-dealkylation sites (tertiary alicyclic amines) is 1. The molecule has 89 heavy (non-hydrogen) atoms. The van der Waals surface area contributed by atoms with Crippen molar-refractivity contribution in [3.05, 3.63) is 155 Å². The quantitative estimate of drug-likeness (QED) is 0.0228. The van der Waals surface area contributed by atoms with Crippen molar-refractivity contribution in [3.8, 4) is 28.9 Å². The molecular formula is C65H76ClN7O15S. The van der Waals surface area contributed by atoms with E-state index in [1.165, 1.54) is 17.1 Å². The summed E-state index contributed by atoms with van der Waals surface area (Å²) in [5.41, 5.74) is -0.389. The highest BCUT2D eigenvalue weighted by molar-refractivity contribution is 7.91. The monoisotopic (exact) mass is 1260 g/mol. The van der Waals surface area contributed by atoms with Crippen molar-refractivity contribution in [2.45, 2.75) is 107 Å². The van der Waals surface area contributed by atoms with Gasteiger partial charge in [-0.25, -0.2) is 23.0 Å². The van der Waals surface area contributed by atoms with Gasteiger partial charge < -0.3 is 59.4 Å².